The highest BCUT2D eigenvalue weighted by molar-refractivity contribution is 5.25. The molecule has 1 N–H and O–H groups in total. The molecule has 0 radical (unpaired) electrons. The average molecular weight is 161 g/mol. The van der Waals surface area contributed by atoms with Gasteiger partial charge >= 0.3 is 0 Å². The van der Waals surface area contributed by atoms with E-state index in [0.29, 0.717) is 5.92 Å². The molecule has 0 saturated carbocycles. The van der Waals surface area contributed by atoms with Gasteiger partial charge in [0.05, 0.1) is 0 Å². The van der Waals surface area contributed by atoms with E-state index in [1.54, 1.807) is 0 Å². The second-order valence-corrected chi connectivity index (χ2v) is 2.91. The first kappa shape index (κ1) is 8.85. The quantitative estimate of drug-likeness (QED) is 0.718. The molecule has 0 heterocycles. The van der Waals surface area contributed by atoms with Crippen molar-refractivity contribution in [3.63, 3.8) is 0 Å². The maximum atomic E-state index is 3.94. The minimum atomic E-state index is 0.385. The van der Waals surface area contributed by atoms with Crippen LogP contribution in [0.5, 0.6) is 0 Å². The van der Waals surface area contributed by atoms with Crippen LogP contribution in [0.2, 0.25) is 0 Å². The number of rotatable bonds is 3. The number of hydrogen-bond acceptors (Lipinski definition) is 1. The van der Waals surface area contributed by atoms with Gasteiger partial charge in [-0.25, -0.2) is 0 Å². The molecule has 1 heteroatoms. The smallest absolute Gasteiger partial charge is 0.0203 e. The Balaban J connectivity index is 2.78. The van der Waals surface area contributed by atoms with Crippen molar-refractivity contribution in [2.75, 3.05) is 7.05 Å². The lowest BCUT2D eigenvalue weighted by Crippen LogP contribution is -2.10. The molecule has 0 aliphatic carbocycles. The third-order valence-electron chi connectivity index (χ3n) is 2.14. The van der Waals surface area contributed by atoms with Gasteiger partial charge in [0, 0.05) is 18.7 Å². The predicted octanol–water partition coefficient (Wildman–Crippen LogP) is 2.52. The lowest BCUT2D eigenvalue weighted by atomic mass is 9.99. The van der Waals surface area contributed by atoms with Crippen LogP contribution in [0.3, 0.4) is 0 Å². The zero-order chi connectivity index (χ0) is 8.97. The number of likely N-dealkylation sites (N-methyl/N-ethyl adjacent to an activating group) is 1. The Bertz CT molecular complexity index is 251. The first-order valence-corrected chi connectivity index (χ1v) is 4.17. The first-order valence-electron chi connectivity index (χ1n) is 4.17. The van der Waals surface area contributed by atoms with Crippen LogP contribution >= 0.6 is 0 Å². The van der Waals surface area contributed by atoms with Crippen LogP contribution < -0.4 is 5.32 Å². The molecule has 1 aromatic rings. The van der Waals surface area contributed by atoms with Crippen molar-refractivity contribution >= 4 is 0 Å². The summed E-state index contributed by atoms with van der Waals surface area (Å²) in [7, 11) is 1.90. The van der Waals surface area contributed by atoms with Crippen LogP contribution in [0.1, 0.15) is 18.4 Å². The molecule has 0 bridgehead atoms. The van der Waals surface area contributed by atoms with Gasteiger partial charge in [0.15, 0.2) is 0 Å². The van der Waals surface area contributed by atoms with E-state index in [1.165, 1.54) is 5.56 Å². The molecule has 0 fully saturated rings. The Hall–Kier alpha value is -1.24. The number of benzene rings is 1. The third-order valence-corrected chi connectivity index (χ3v) is 2.14. The number of hydrogen-bond donors (Lipinski definition) is 1. The van der Waals surface area contributed by atoms with Gasteiger partial charge in [0.2, 0.25) is 0 Å². The van der Waals surface area contributed by atoms with E-state index in [0.717, 1.165) is 5.70 Å². The van der Waals surface area contributed by atoms with Gasteiger partial charge in [-0.1, -0.05) is 43.8 Å². The summed E-state index contributed by atoms with van der Waals surface area (Å²) < 4.78 is 0. The topological polar surface area (TPSA) is 12.0 Å². The second kappa shape index (κ2) is 3.96. The molecule has 64 valence electrons. The lowest BCUT2D eigenvalue weighted by molar-refractivity contribution is 0.798. The highest BCUT2D eigenvalue weighted by atomic mass is 14.8. The van der Waals surface area contributed by atoms with Crippen molar-refractivity contribution < 1.29 is 0 Å². The van der Waals surface area contributed by atoms with Crippen molar-refractivity contribution in [3.8, 4) is 0 Å². The van der Waals surface area contributed by atoms with E-state index in [-0.39, 0.29) is 0 Å². The van der Waals surface area contributed by atoms with Crippen LogP contribution in [-0.2, 0) is 0 Å². The molecule has 0 spiro atoms. The monoisotopic (exact) mass is 161 g/mol. The summed E-state index contributed by atoms with van der Waals surface area (Å²) in [6, 6.07) is 10.4. The highest BCUT2D eigenvalue weighted by Crippen LogP contribution is 2.19. The summed E-state index contributed by atoms with van der Waals surface area (Å²) in [5, 5.41) is 3.07. The van der Waals surface area contributed by atoms with Crippen LogP contribution in [0.25, 0.3) is 0 Å². The molecule has 1 atom stereocenters. The normalized spacial score (nSPS) is 12.2. The molecule has 0 aliphatic rings. The van der Waals surface area contributed by atoms with Gasteiger partial charge in [-0.2, -0.15) is 0 Å². The minimum absolute atomic E-state index is 0.385. The zero-order valence-electron chi connectivity index (χ0n) is 7.67. The molecule has 1 nitrogen and oxygen atoms in total. The van der Waals surface area contributed by atoms with Crippen LogP contribution in [0.15, 0.2) is 42.6 Å². The van der Waals surface area contributed by atoms with E-state index in [2.05, 4.69) is 43.1 Å². The van der Waals surface area contributed by atoms with Crippen molar-refractivity contribution in [1.29, 1.82) is 0 Å². The van der Waals surface area contributed by atoms with E-state index in [9.17, 15) is 0 Å². The van der Waals surface area contributed by atoms with Crippen molar-refractivity contribution in [1.82, 2.24) is 5.32 Å². The van der Waals surface area contributed by atoms with Crippen LogP contribution in [-0.4, -0.2) is 7.05 Å². The molecular weight excluding hydrogens is 146 g/mol. The standard InChI is InChI=1S/C11H15N/c1-9(10(2)12-3)11-7-5-4-6-8-11/h4-9,12H,2H2,1,3H3. The van der Waals surface area contributed by atoms with Crippen LogP contribution in [0, 0.1) is 0 Å². The minimum Gasteiger partial charge on any atom is -0.391 e. The average Bonchev–Trinajstić information content (AvgIpc) is 2.17. The molecule has 0 saturated heterocycles. The fraction of sp³-hybridized carbons (Fsp3) is 0.273. The summed E-state index contributed by atoms with van der Waals surface area (Å²) in [5.41, 5.74) is 2.36. The Labute approximate surface area is 74.1 Å². The Morgan fingerprint density at radius 3 is 2.42 bits per heavy atom. The third kappa shape index (κ3) is 1.88. The van der Waals surface area contributed by atoms with Gasteiger partial charge in [0.1, 0.15) is 0 Å². The first-order chi connectivity index (χ1) is 5.75. The predicted molar refractivity (Wildman–Crippen MR) is 53.1 cm³/mol. The van der Waals surface area contributed by atoms with Gasteiger partial charge in [-0.3, -0.25) is 0 Å². The van der Waals surface area contributed by atoms with E-state index in [4.69, 9.17) is 0 Å². The maximum absolute atomic E-state index is 3.94. The Kier molecular flexibility index (Phi) is 2.92. The number of allylic oxidation sites excluding steroid dienone is 1. The molecule has 12 heavy (non-hydrogen) atoms. The molecule has 1 rings (SSSR count). The van der Waals surface area contributed by atoms with Crippen LogP contribution in [0.4, 0.5) is 0 Å². The Morgan fingerprint density at radius 2 is 1.92 bits per heavy atom. The summed E-state index contributed by atoms with van der Waals surface area (Å²) in [4.78, 5) is 0. The van der Waals surface area contributed by atoms with Crippen molar-refractivity contribution in [2.24, 2.45) is 0 Å². The summed E-state index contributed by atoms with van der Waals surface area (Å²) in [5.74, 6) is 0.385. The molecule has 0 aliphatic heterocycles. The van der Waals surface area contributed by atoms with Gasteiger partial charge in [-0.05, 0) is 5.56 Å². The second-order valence-electron chi connectivity index (χ2n) is 2.91. The van der Waals surface area contributed by atoms with Crippen molar-refractivity contribution in [2.45, 2.75) is 12.8 Å². The van der Waals surface area contributed by atoms with E-state index >= 15 is 0 Å². The van der Waals surface area contributed by atoms with Gasteiger partial charge in [-0.15, -0.1) is 0 Å². The van der Waals surface area contributed by atoms with Gasteiger partial charge in [0.25, 0.3) is 0 Å². The SMILES string of the molecule is C=C(NC)C(C)c1ccccc1. The molecule has 0 aromatic heterocycles. The summed E-state index contributed by atoms with van der Waals surface area (Å²) in [6.07, 6.45) is 0. The van der Waals surface area contributed by atoms with Crippen molar-refractivity contribution in [3.05, 3.63) is 48.2 Å². The fourth-order valence-corrected chi connectivity index (χ4v) is 1.16. The molecular formula is C11H15N. The largest absolute Gasteiger partial charge is 0.391 e. The summed E-state index contributed by atoms with van der Waals surface area (Å²) >= 11 is 0. The highest BCUT2D eigenvalue weighted by Gasteiger charge is 2.05. The molecule has 0 amide bonds. The number of nitrogens with one attached hydrogen (secondary N) is 1. The Morgan fingerprint density at radius 1 is 1.33 bits per heavy atom. The maximum Gasteiger partial charge on any atom is 0.0203 e. The fourth-order valence-electron chi connectivity index (χ4n) is 1.16. The van der Waals surface area contributed by atoms with E-state index in [1.807, 2.05) is 13.1 Å². The lowest BCUT2D eigenvalue weighted by Gasteiger charge is -2.14. The summed E-state index contributed by atoms with van der Waals surface area (Å²) in [6.45, 7) is 6.09. The molecule has 1 aromatic carbocycles. The van der Waals surface area contributed by atoms with E-state index < -0.39 is 0 Å². The molecule has 1 unspecified atom stereocenters. The zero-order valence-corrected chi connectivity index (χ0v) is 7.67. The van der Waals surface area contributed by atoms with Gasteiger partial charge < -0.3 is 5.32 Å².